The summed E-state index contributed by atoms with van der Waals surface area (Å²) in [4.78, 5) is 14.1. The number of hydrogen-bond acceptors (Lipinski definition) is 3. The largest absolute Gasteiger partial charge is 0.372 e. The maximum Gasteiger partial charge on any atom is 0.339 e. The van der Waals surface area contributed by atoms with Gasteiger partial charge in [0.2, 0.25) is 0 Å². The highest BCUT2D eigenvalue weighted by Crippen LogP contribution is 2.19. The molecule has 0 radical (unpaired) electrons. The number of hydrazone groups is 1. The lowest BCUT2D eigenvalue weighted by atomic mass is 10.2. The van der Waals surface area contributed by atoms with Crippen molar-refractivity contribution in [3.05, 3.63) is 60.2 Å². The third-order valence-corrected chi connectivity index (χ3v) is 3.78. The van der Waals surface area contributed by atoms with E-state index in [-0.39, 0.29) is 6.03 Å². The summed E-state index contributed by atoms with van der Waals surface area (Å²) in [6, 6.07) is 17.1. The van der Waals surface area contributed by atoms with Gasteiger partial charge in [0.1, 0.15) is 0 Å². The number of carbonyl (C=O) groups excluding carboxylic acids is 1. The zero-order valence-electron chi connectivity index (χ0n) is 12.9. The summed E-state index contributed by atoms with van der Waals surface area (Å²) in [6.07, 6.45) is 4.17. The molecule has 3 rings (SSSR count). The number of benzene rings is 2. The van der Waals surface area contributed by atoms with Crippen LogP contribution in [0.4, 0.5) is 16.2 Å². The molecule has 1 aliphatic rings. The molecule has 0 spiro atoms. The number of anilines is 2. The molecule has 118 valence electrons. The maximum atomic E-state index is 11.7. The number of amides is 2. The van der Waals surface area contributed by atoms with E-state index in [2.05, 4.69) is 32.9 Å². The highest BCUT2D eigenvalue weighted by molar-refractivity contribution is 5.90. The van der Waals surface area contributed by atoms with E-state index in [4.69, 9.17) is 0 Å². The summed E-state index contributed by atoms with van der Waals surface area (Å²) in [5.41, 5.74) is 5.39. The molecule has 1 saturated heterocycles. The number of urea groups is 1. The van der Waals surface area contributed by atoms with Gasteiger partial charge in [0, 0.05) is 24.5 Å². The number of nitrogens with one attached hydrogen (secondary N) is 2. The molecule has 1 aliphatic heterocycles. The standard InChI is InChI=1S/C18H20N4O/c23-18(20-16-6-2-1-3-7-16)21-19-14-15-8-10-17(11-9-15)22-12-4-5-13-22/h1-3,6-11,14H,4-5,12-13H2,(H2,20,21,23). The lowest BCUT2D eigenvalue weighted by Crippen LogP contribution is -2.24. The van der Waals surface area contributed by atoms with E-state index in [1.165, 1.54) is 18.5 Å². The van der Waals surface area contributed by atoms with Gasteiger partial charge in [0.15, 0.2) is 0 Å². The Labute approximate surface area is 136 Å². The van der Waals surface area contributed by atoms with Gasteiger partial charge in [0.25, 0.3) is 0 Å². The van der Waals surface area contributed by atoms with E-state index in [9.17, 15) is 4.79 Å². The van der Waals surface area contributed by atoms with E-state index >= 15 is 0 Å². The molecule has 2 aromatic carbocycles. The summed E-state index contributed by atoms with van der Waals surface area (Å²) < 4.78 is 0. The van der Waals surface area contributed by atoms with Crippen LogP contribution in [0.1, 0.15) is 18.4 Å². The van der Waals surface area contributed by atoms with Crippen molar-refractivity contribution in [3.63, 3.8) is 0 Å². The first kappa shape index (κ1) is 15.1. The molecule has 23 heavy (non-hydrogen) atoms. The number of nitrogens with zero attached hydrogens (tertiary/aromatic N) is 2. The fourth-order valence-electron chi connectivity index (χ4n) is 2.59. The van der Waals surface area contributed by atoms with Gasteiger partial charge in [-0.2, -0.15) is 5.10 Å². The Bertz CT molecular complexity index is 661. The number of hydrogen-bond donors (Lipinski definition) is 2. The lowest BCUT2D eigenvalue weighted by molar-refractivity contribution is 0.252. The summed E-state index contributed by atoms with van der Waals surface area (Å²) in [7, 11) is 0. The molecule has 5 nitrogen and oxygen atoms in total. The molecule has 2 N–H and O–H groups in total. The Hall–Kier alpha value is -2.82. The van der Waals surface area contributed by atoms with Crippen LogP contribution >= 0.6 is 0 Å². The third-order valence-electron chi connectivity index (χ3n) is 3.78. The van der Waals surface area contributed by atoms with E-state index in [0.717, 1.165) is 24.3 Å². The minimum Gasteiger partial charge on any atom is -0.372 e. The van der Waals surface area contributed by atoms with Crippen molar-refractivity contribution < 1.29 is 4.79 Å². The highest BCUT2D eigenvalue weighted by Gasteiger charge is 2.11. The van der Waals surface area contributed by atoms with Crippen LogP contribution in [0.2, 0.25) is 0 Å². The zero-order valence-corrected chi connectivity index (χ0v) is 12.9. The van der Waals surface area contributed by atoms with Crippen LogP contribution in [0, 0.1) is 0 Å². The maximum absolute atomic E-state index is 11.7. The molecule has 1 fully saturated rings. The van der Waals surface area contributed by atoms with Gasteiger partial charge in [-0.05, 0) is 42.7 Å². The second-order valence-electron chi connectivity index (χ2n) is 5.48. The quantitative estimate of drug-likeness (QED) is 0.671. The molecule has 1 heterocycles. The Morgan fingerprint density at radius 2 is 1.70 bits per heavy atom. The van der Waals surface area contributed by atoms with Gasteiger partial charge in [-0.1, -0.05) is 30.3 Å². The number of carbonyl (C=O) groups is 1. The molecule has 0 aliphatic carbocycles. The van der Waals surface area contributed by atoms with Crippen molar-refractivity contribution in [1.82, 2.24) is 5.43 Å². The Kier molecular flexibility index (Phi) is 4.88. The first-order valence-electron chi connectivity index (χ1n) is 7.81. The molecule has 2 aromatic rings. The van der Waals surface area contributed by atoms with Crippen molar-refractivity contribution in [1.29, 1.82) is 0 Å². The first-order valence-corrected chi connectivity index (χ1v) is 7.81. The average molecular weight is 308 g/mol. The summed E-state index contributed by atoms with van der Waals surface area (Å²) >= 11 is 0. The third kappa shape index (κ3) is 4.32. The fraction of sp³-hybridized carbons (Fsp3) is 0.222. The normalized spacial score (nSPS) is 14.2. The van der Waals surface area contributed by atoms with Crippen LogP contribution in [0.25, 0.3) is 0 Å². The van der Waals surface area contributed by atoms with Gasteiger partial charge in [-0.3, -0.25) is 0 Å². The van der Waals surface area contributed by atoms with E-state index in [1.54, 1.807) is 6.21 Å². The highest BCUT2D eigenvalue weighted by atomic mass is 16.2. The van der Waals surface area contributed by atoms with Crippen molar-refractivity contribution in [2.24, 2.45) is 5.10 Å². The Morgan fingerprint density at radius 3 is 2.39 bits per heavy atom. The molecule has 0 atom stereocenters. The smallest absolute Gasteiger partial charge is 0.339 e. The molecule has 0 aromatic heterocycles. The predicted octanol–water partition coefficient (Wildman–Crippen LogP) is 3.44. The second-order valence-corrected chi connectivity index (χ2v) is 5.48. The first-order chi connectivity index (χ1) is 11.3. The molecule has 5 heteroatoms. The van der Waals surface area contributed by atoms with Gasteiger partial charge < -0.3 is 10.2 Å². The van der Waals surface area contributed by atoms with Gasteiger partial charge in [-0.15, -0.1) is 0 Å². The summed E-state index contributed by atoms with van der Waals surface area (Å²) in [6.45, 7) is 2.27. The van der Waals surface area contributed by atoms with Crippen molar-refractivity contribution in [2.45, 2.75) is 12.8 Å². The van der Waals surface area contributed by atoms with Crippen molar-refractivity contribution in [3.8, 4) is 0 Å². The predicted molar refractivity (Wildman–Crippen MR) is 94.1 cm³/mol. The van der Waals surface area contributed by atoms with Crippen LogP contribution in [0.5, 0.6) is 0 Å². The van der Waals surface area contributed by atoms with Crippen molar-refractivity contribution >= 4 is 23.6 Å². The molecule has 2 amide bonds. The van der Waals surface area contributed by atoms with Crippen LogP contribution in [0.15, 0.2) is 59.7 Å². The SMILES string of the molecule is O=C(NN=Cc1ccc(N2CCCC2)cc1)Nc1ccccc1. The average Bonchev–Trinajstić information content (AvgIpc) is 3.11. The topological polar surface area (TPSA) is 56.7 Å². The van der Waals surface area contributed by atoms with Crippen LogP contribution in [0.3, 0.4) is 0 Å². The zero-order chi connectivity index (χ0) is 15.9. The number of rotatable bonds is 4. The number of para-hydroxylation sites is 1. The monoisotopic (exact) mass is 308 g/mol. The lowest BCUT2D eigenvalue weighted by Gasteiger charge is -2.17. The van der Waals surface area contributed by atoms with E-state index in [1.807, 2.05) is 42.5 Å². The van der Waals surface area contributed by atoms with Gasteiger partial charge >= 0.3 is 6.03 Å². The fourth-order valence-corrected chi connectivity index (χ4v) is 2.59. The van der Waals surface area contributed by atoms with Crippen LogP contribution < -0.4 is 15.6 Å². The van der Waals surface area contributed by atoms with E-state index in [0.29, 0.717) is 0 Å². The molecule has 0 bridgehead atoms. The Balaban J connectivity index is 1.50. The summed E-state index contributed by atoms with van der Waals surface area (Å²) in [5.74, 6) is 0. The second kappa shape index (κ2) is 7.45. The molecule has 0 saturated carbocycles. The molecular formula is C18H20N4O. The molecule has 0 unspecified atom stereocenters. The van der Waals surface area contributed by atoms with Gasteiger partial charge in [0.05, 0.1) is 6.21 Å². The molecular weight excluding hydrogens is 288 g/mol. The Morgan fingerprint density at radius 1 is 1.00 bits per heavy atom. The van der Waals surface area contributed by atoms with Crippen LogP contribution in [-0.4, -0.2) is 25.3 Å². The minimum absolute atomic E-state index is 0.360. The van der Waals surface area contributed by atoms with E-state index < -0.39 is 0 Å². The minimum atomic E-state index is -0.360. The van der Waals surface area contributed by atoms with Crippen molar-refractivity contribution in [2.75, 3.05) is 23.3 Å². The summed E-state index contributed by atoms with van der Waals surface area (Å²) in [5, 5.41) is 6.67. The van der Waals surface area contributed by atoms with Gasteiger partial charge in [-0.25, -0.2) is 10.2 Å². The van der Waals surface area contributed by atoms with Crippen LogP contribution in [-0.2, 0) is 0 Å².